The number of unbranched alkanes of at least 4 members (excludes halogenated alkanes) is 2. The van der Waals surface area contributed by atoms with Gasteiger partial charge in [-0.15, -0.1) is 0 Å². The van der Waals surface area contributed by atoms with E-state index in [1.54, 1.807) is 14.2 Å². The van der Waals surface area contributed by atoms with Crippen LogP contribution in [0.2, 0.25) is 0 Å². The normalized spacial score (nSPS) is 17.8. The molecule has 0 aromatic heterocycles. The lowest BCUT2D eigenvalue weighted by Crippen LogP contribution is -2.56. The molecule has 0 bridgehead atoms. The van der Waals surface area contributed by atoms with Crippen LogP contribution in [0.3, 0.4) is 0 Å². The van der Waals surface area contributed by atoms with E-state index in [-0.39, 0.29) is 0 Å². The van der Waals surface area contributed by atoms with Crippen molar-refractivity contribution in [3.05, 3.63) is 156 Å². The SMILES string of the molecule is CCCC/C=C/B1O[C@@H](C(OC)(c2ccccc2)c2ccccc2)[C@H](C(OC)(c2ccccc2)c2ccccc2)O1. The first kappa shape index (κ1) is 29.0. The van der Waals surface area contributed by atoms with Crippen molar-refractivity contribution in [1.82, 2.24) is 0 Å². The Morgan fingerprint density at radius 2 is 0.951 bits per heavy atom. The molecule has 2 atom stereocenters. The Morgan fingerprint density at radius 3 is 1.24 bits per heavy atom. The molecule has 0 amide bonds. The van der Waals surface area contributed by atoms with E-state index in [0.29, 0.717) is 0 Å². The van der Waals surface area contributed by atoms with Crippen LogP contribution in [0, 0.1) is 0 Å². The maximum absolute atomic E-state index is 6.96. The Hall–Kier alpha value is -3.48. The minimum atomic E-state index is -0.994. The van der Waals surface area contributed by atoms with Crippen molar-refractivity contribution < 1.29 is 18.8 Å². The van der Waals surface area contributed by atoms with Gasteiger partial charge in [-0.25, -0.2) is 0 Å². The minimum absolute atomic E-state index is 0.578. The summed E-state index contributed by atoms with van der Waals surface area (Å²) in [5, 5.41) is 0. The smallest absolute Gasteiger partial charge is 0.398 e. The predicted octanol–water partition coefficient (Wildman–Crippen LogP) is 7.72. The van der Waals surface area contributed by atoms with E-state index in [2.05, 4.69) is 61.5 Å². The molecule has 41 heavy (non-hydrogen) atoms. The average molecular weight is 547 g/mol. The Labute approximate surface area is 245 Å². The van der Waals surface area contributed by atoms with Crippen LogP contribution >= 0.6 is 0 Å². The summed E-state index contributed by atoms with van der Waals surface area (Å²) < 4.78 is 27.2. The van der Waals surface area contributed by atoms with Gasteiger partial charge in [0.1, 0.15) is 23.4 Å². The lowest BCUT2D eigenvalue weighted by molar-refractivity contribution is -0.136. The lowest BCUT2D eigenvalue weighted by atomic mass is 9.71. The van der Waals surface area contributed by atoms with Crippen molar-refractivity contribution in [2.75, 3.05) is 14.2 Å². The molecule has 0 spiro atoms. The third kappa shape index (κ3) is 5.56. The van der Waals surface area contributed by atoms with Gasteiger partial charge >= 0.3 is 7.12 Å². The molecule has 1 aliphatic heterocycles. The van der Waals surface area contributed by atoms with Gasteiger partial charge in [-0.05, 0) is 28.7 Å². The molecule has 4 nitrogen and oxygen atoms in total. The van der Waals surface area contributed by atoms with E-state index in [1.807, 2.05) is 78.8 Å². The van der Waals surface area contributed by atoms with E-state index in [9.17, 15) is 0 Å². The van der Waals surface area contributed by atoms with Crippen LogP contribution in [-0.2, 0) is 30.0 Å². The van der Waals surface area contributed by atoms with Gasteiger partial charge in [0.25, 0.3) is 0 Å². The molecular weight excluding hydrogens is 507 g/mol. The van der Waals surface area contributed by atoms with Crippen LogP contribution < -0.4 is 0 Å². The Kier molecular flexibility index (Phi) is 9.53. The molecule has 5 heteroatoms. The first-order chi connectivity index (χ1) is 20.2. The van der Waals surface area contributed by atoms with Crippen molar-refractivity contribution in [2.45, 2.75) is 49.6 Å². The molecule has 0 radical (unpaired) electrons. The highest BCUT2D eigenvalue weighted by atomic mass is 16.7. The third-order valence-electron chi connectivity index (χ3n) is 8.11. The van der Waals surface area contributed by atoms with Gasteiger partial charge in [-0.3, -0.25) is 0 Å². The molecule has 0 unspecified atom stereocenters. The zero-order chi connectivity index (χ0) is 28.5. The van der Waals surface area contributed by atoms with Crippen LogP contribution in [0.1, 0.15) is 48.4 Å². The van der Waals surface area contributed by atoms with Crippen LogP contribution in [0.4, 0.5) is 0 Å². The maximum atomic E-state index is 6.96. The number of hydrogen-bond donors (Lipinski definition) is 0. The fraction of sp³-hybridized carbons (Fsp3) is 0.278. The summed E-state index contributed by atoms with van der Waals surface area (Å²) in [6, 6.07) is 41.2. The molecule has 5 rings (SSSR count). The zero-order valence-electron chi connectivity index (χ0n) is 24.2. The number of rotatable bonds is 12. The van der Waals surface area contributed by atoms with Gasteiger partial charge in [0.05, 0.1) is 0 Å². The Morgan fingerprint density at radius 1 is 0.610 bits per heavy atom. The monoisotopic (exact) mass is 546 g/mol. The van der Waals surface area contributed by atoms with Crippen molar-refractivity contribution in [2.24, 2.45) is 0 Å². The summed E-state index contributed by atoms with van der Waals surface area (Å²) in [7, 11) is 2.93. The average Bonchev–Trinajstić information content (AvgIpc) is 3.47. The third-order valence-corrected chi connectivity index (χ3v) is 8.11. The van der Waals surface area contributed by atoms with Crippen molar-refractivity contribution in [3.8, 4) is 0 Å². The lowest BCUT2D eigenvalue weighted by Gasteiger charge is -2.46. The van der Waals surface area contributed by atoms with E-state index in [4.69, 9.17) is 18.8 Å². The largest absolute Gasteiger partial charge is 0.486 e. The van der Waals surface area contributed by atoms with E-state index < -0.39 is 30.5 Å². The molecule has 0 saturated carbocycles. The highest BCUT2D eigenvalue weighted by Gasteiger charge is 2.61. The van der Waals surface area contributed by atoms with Gasteiger partial charge in [-0.2, -0.15) is 0 Å². The fourth-order valence-corrected chi connectivity index (χ4v) is 6.14. The van der Waals surface area contributed by atoms with Gasteiger partial charge in [0, 0.05) is 14.2 Å². The van der Waals surface area contributed by atoms with Crippen LogP contribution in [-0.4, -0.2) is 33.5 Å². The molecular formula is C36H39BO4. The topological polar surface area (TPSA) is 36.9 Å². The summed E-state index contributed by atoms with van der Waals surface area (Å²) in [5.41, 5.74) is 1.94. The van der Waals surface area contributed by atoms with E-state index in [1.165, 1.54) is 0 Å². The predicted molar refractivity (Wildman–Crippen MR) is 166 cm³/mol. The van der Waals surface area contributed by atoms with Gasteiger partial charge in [-0.1, -0.05) is 153 Å². The summed E-state index contributed by atoms with van der Waals surface area (Å²) in [6.07, 6.45) is 4.20. The first-order valence-electron chi connectivity index (χ1n) is 14.5. The van der Waals surface area contributed by atoms with Crippen molar-refractivity contribution in [1.29, 1.82) is 0 Å². The maximum Gasteiger partial charge on any atom is 0.486 e. The molecule has 0 N–H and O–H groups in total. The molecule has 1 aliphatic rings. The molecule has 210 valence electrons. The number of methoxy groups -OCH3 is 2. The summed E-state index contributed by atoms with van der Waals surface area (Å²) in [5.74, 6) is 2.04. The first-order valence-corrected chi connectivity index (χ1v) is 14.5. The zero-order valence-corrected chi connectivity index (χ0v) is 24.2. The van der Waals surface area contributed by atoms with E-state index >= 15 is 0 Å². The van der Waals surface area contributed by atoms with Crippen molar-refractivity contribution in [3.63, 3.8) is 0 Å². The summed E-state index contributed by atoms with van der Waals surface area (Å²) in [6.45, 7) is 2.20. The second-order valence-electron chi connectivity index (χ2n) is 10.4. The fourth-order valence-electron chi connectivity index (χ4n) is 6.14. The van der Waals surface area contributed by atoms with Crippen LogP contribution in [0.25, 0.3) is 0 Å². The van der Waals surface area contributed by atoms with Crippen LogP contribution in [0.15, 0.2) is 133 Å². The van der Waals surface area contributed by atoms with Crippen molar-refractivity contribution >= 4 is 7.12 Å². The second-order valence-corrected chi connectivity index (χ2v) is 10.4. The molecule has 0 aliphatic carbocycles. The number of hydrogen-bond acceptors (Lipinski definition) is 4. The standard InChI is InChI=1S/C36H39BO4/c1-4-5-6-19-28-37-40-33(35(38-2,29-20-11-7-12-21-29)30-22-13-8-14-23-30)34(41-37)36(39-3,31-24-15-9-16-25-31)32-26-17-10-18-27-32/h7-28,33-34H,4-6H2,1-3H3/b28-19+/t33-,34-/m1/s1. The Balaban J connectivity index is 1.76. The van der Waals surface area contributed by atoms with Gasteiger partial charge < -0.3 is 18.8 Å². The molecule has 1 fully saturated rings. The van der Waals surface area contributed by atoms with E-state index in [0.717, 1.165) is 41.5 Å². The number of ether oxygens (including phenoxy) is 2. The molecule has 1 saturated heterocycles. The molecule has 4 aromatic carbocycles. The highest BCUT2D eigenvalue weighted by Crippen LogP contribution is 2.50. The molecule has 4 aromatic rings. The van der Waals surface area contributed by atoms with Gasteiger partial charge in [0.15, 0.2) is 0 Å². The summed E-state index contributed by atoms with van der Waals surface area (Å²) >= 11 is 0. The van der Waals surface area contributed by atoms with Crippen LogP contribution in [0.5, 0.6) is 0 Å². The van der Waals surface area contributed by atoms with Gasteiger partial charge in [0.2, 0.25) is 0 Å². The summed E-state index contributed by atoms with van der Waals surface area (Å²) in [4.78, 5) is 0. The quantitative estimate of drug-likeness (QED) is 0.135. The minimum Gasteiger partial charge on any atom is -0.398 e. The number of benzene rings is 4. The molecule has 1 heterocycles. The number of allylic oxidation sites excluding steroid dienone is 1. The highest BCUT2D eigenvalue weighted by molar-refractivity contribution is 6.51. The Bertz CT molecular complexity index is 1180. The second kappa shape index (κ2) is 13.5.